The maximum Gasteiger partial charge on any atom is 0.250 e. The first kappa shape index (κ1) is 26.7. The van der Waals surface area contributed by atoms with E-state index < -0.39 is 0 Å². The third kappa shape index (κ3) is 6.50. The predicted octanol–water partition coefficient (Wildman–Crippen LogP) is 9.47. The number of anilines is 1. The summed E-state index contributed by atoms with van der Waals surface area (Å²) in [6, 6.07) is 15.4. The number of amides is 1. The van der Waals surface area contributed by atoms with Gasteiger partial charge in [0.25, 0.3) is 0 Å². The third-order valence-electron chi connectivity index (χ3n) is 9.34. The van der Waals surface area contributed by atoms with Gasteiger partial charge >= 0.3 is 0 Å². The second-order valence-corrected chi connectivity index (χ2v) is 11.6. The Morgan fingerprint density at radius 2 is 1.56 bits per heavy atom. The van der Waals surface area contributed by atoms with Gasteiger partial charge in [0.1, 0.15) is 0 Å². The summed E-state index contributed by atoms with van der Waals surface area (Å²) in [5, 5.41) is 0. The highest BCUT2D eigenvalue weighted by Gasteiger charge is 2.31. The molecule has 0 heterocycles. The predicted molar refractivity (Wildman–Crippen MR) is 155 cm³/mol. The van der Waals surface area contributed by atoms with Gasteiger partial charge in [0.15, 0.2) is 0 Å². The zero-order valence-electron chi connectivity index (χ0n) is 23.0. The van der Waals surface area contributed by atoms with Crippen LogP contribution in [0.5, 0.6) is 0 Å². The summed E-state index contributed by atoms with van der Waals surface area (Å²) in [4.78, 5) is 13.5. The zero-order valence-corrected chi connectivity index (χ0v) is 23.0. The van der Waals surface area contributed by atoms with Crippen LogP contribution in [0.4, 0.5) is 5.69 Å². The summed E-state index contributed by atoms with van der Waals surface area (Å²) in [7, 11) is 1.79. The van der Waals surface area contributed by atoms with Gasteiger partial charge in [-0.1, -0.05) is 82.4 Å². The Balaban J connectivity index is 1.30. The van der Waals surface area contributed by atoms with E-state index in [1.165, 1.54) is 105 Å². The molecule has 0 atom stereocenters. The molecule has 0 N–H and O–H groups in total. The van der Waals surface area contributed by atoms with E-state index in [9.17, 15) is 4.79 Å². The van der Waals surface area contributed by atoms with Crippen molar-refractivity contribution >= 4 is 11.6 Å². The molecule has 2 aliphatic carbocycles. The molecule has 2 heteroatoms. The molecular formula is C34H47NO. The van der Waals surface area contributed by atoms with Crippen LogP contribution >= 0.6 is 0 Å². The molecule has 2 saturated carbocycles. The molecule has 0 bridgehead atoms. The van der Waals surface area contributed by atoms with Crippen molar-refractivity contribution in [1.82, 2.24) is 0 Å². The first-order valence-corrected chi connectivity index (χ1v) is 14.6. The average molecular weight is 486 g/mol. The van der Waals surface area contributed by atoms with Gasteiger partial charge in [-0.05, 0) is 110 Å². The molecule has 1 amide bonds. The molecule has 36 heavy (non-hydrogen) atoms. The number of hydrogen-bond acceptors (Lipinski definition) is 1. The van der Waals surface area contributed by atoms with Crippen LogP contribution in [0.25, 0.3) is 11.1 Å². The van der Waals surface area contributed by atoms with Gasteiger partial charge in [0.05, 0.1) is 0 Å². The van der Waals surface area contributed by atoms with E-state index in [0.717, 1.165) is 29.4 Å². The van der Waals surface area contributed by atoms with Crippen molar-refractivity contribution in [2.45, 2.75) is 96.8 Å². The van der Waals surface area contributed by atoms with Gasteiger partial charge in [-0.2, -0.15) is 0 Å². The van der Waals surface area contributed by atoms with Gasteiger partial charge in [0, 0.05) is 12.7 Å². The van der Waals surface area contributed by atoms with Gasteiger partial charge in [-0.3, -0.25) is 4.79 Å². The average Bonchev–Trinajstić information content (AvgIpc) is 2.93. The van der Waals surface area contributed by atoms with Crippen molar-refractivity contribution in [2.24, 2.45) is 17.8 Å². The molecular weight excluding hydrogens is 438 g/mol. The topological polar surface area (TPSA) is 20.3 Å². The van der Waals surface area contributed by atoms with Crippen LogP contribution in [0, 0.1) is 24.7 Å². The van der Waals surface area contributed by atoms with Crippen molar-refractivity contribution in [3.8, 4) is 11.1 Å². The largest absolute Gasteiger partial charge is 0.312 e. The van der Waals surface area contributed by atoms with Crippen molar-refractivity contribution in [3.63, 3.8) is 0 Å². The molecule has 0 radical (unpaired) electrons. The second kappa shape index (κ2) is 12.7. The minimum atomic E-state index is -0.0897. The first-order chi connectivity index (χ1) is 17.5. The lowest BCUT2D eigenvalue weighted by Crippen LogP contribution is -2.25. The second-order valence-electron chi connectivity index (χ2n) is 11.6. The minimum absolute atomic E-state index is 0.0897. The number of nitrogens with zero attached hydrogens (tertiary/aromatic N) is 1. The number of likely N-dealkylation sites (N-methyl/N-ethyl adjacent to an activating group) is 1. The van der Waals surface area contributed by atoms with E-state index in [1.807, 2.05) is 12.1 Å². The quantitative estimate of drug-likeness (QED) is 0.256. The summed E-state index contributed by atoms with van der Waals surface area (Å²) in [6.07, 6.45) is 18.6. The van der Waals surface area contributed by atoms with Crippen LogP contribution in [0.2, 0.25) is 0 Å². The van der Waals surface area contributed by atoms with Crippen LogP contribution in [-0.2, 0) is 4.79 Å². The Bertz CT molecular complexity index is 990. The normalized spacial score (nSPS) is 24.3. The third-order valence-corrected chi connectivity index (χ3v) is 9.34. The number of hydrogen-bond donors (Lipinski definition) is 0. The lowest BCUT2D eigenvalue weighted by molar-refractivity contribution is -0.113. The van der Waals surface area contributed by atoms with Crippen LogP contribution in [0.1, 0.15) is 101 Å². The van der Waals surface area contributed by atoms with E-state index >= 15 is 0 Å². The highest BCUT2D eigenvalue weighted by atomic mass is 16.2. The zero-order chi connectivity index (χ0) is 25.5. The van der Waals surface area contributed by atoms with E-state index in [-0.39, 0.29) is 5.91 Å². The Labute approximate surface area is 220 Å². The summed E-state index contributed by atoms with van der Waals surface area (Å²) in [6.45, 7) is 8.14. The molecule has 0 unspecified atom stereocenters. The highest BCUT2D eigenvalue weighted by molar-refractivity contribution is 6.00. The molecule has 0 spiro atoms. The SMILES string of the molecule is C=CC(=O)N(C)c1ccc(-c2ccc(C3CCC(C4CCC(CCCCC)CC4)CC3)cc2C)cc1. The molecule has 0 aromatic heterocycles. The van der Waals surface area contributed by atoms with Crippen LogP contribution in [-0.4, -0.2) is 13.0 Å². The summed E-state index contributed by atoms with van der Waals surface area (Å²) in [5.74, 6) is 3.63. The molecule has 2 fully saturated rings. The van der Waals surface area contributed by atoms with Crippen LogP contribution < -0.4 is 4.90 Å². The molecule has 4 rings (SSSR count). The number of benzene rings is 2. The van der Waals surface area contributed by atoms with Gasteiger partial charge in [0.2, 0.25) is 5.91 Å². The van der Waals surface area contributed by atoms with Crippen molar-refractivity contribution < 1.29 is 4.79 Å². The molecule has 2 nitrogen and oxygen atoms in total. The molecule has 2 aliphatic rings. The van der Waals surface area contributed by atoms with E-state index in [1.54, 1.807) is 11.9 Å². The standard InChI is InChI=1S/C34H47NO/c1-5-7-8-9-26-10-12-27(13-11-26)28-14-16-29(17-15-28)31-20-23-33(25(3)24-31)30-18-21-32(22-19-30)35(4)34(36)6-2/h6,18-24,26-29H,2,5,7-17H2,1,3-4H3. The molecule has 194 valence electrons. The fourth-order valence-corrected chi connectivity index (χ4v) is 6.95. The van der Waals surface area contributed by atoms with E-state index in [2.05, 4.69) is 50.8 Å². The lowest BCUT2D eigenvalue weighted by Gasteiger charge is -2.38. The number of carbonyl (C=O) groups is 1. The fraction of sp³-hybridized carbons (Fsp3) is 0.559. The number of carbonyl (C=O) groups excluding carboxylic acids is 1. The monoisotopic (exact) mass is 485 g/mol. The van der Waals surface area contributed by atoms with E-state index in [0.29, 0.717) is 0 Å². The molecule has 0 aliphatic heterocycles. The lowest BCUT2D eigenvalue weighted by atomic mass is 9.68. The summed E-state index contributed by atoms with van der Waals surface area (Å²) >= 11 is 0. The van der Waals surface area contributed by atoms with Gasteiger partial charge < -0.3 is 4.90 Å². The minimum Gasteiger partial charge on any atom is -0.312 e. The summed E-state index contributed by atoms with van der Waals surface area (Å²) < 4.78 is 0. The Morgan fingerprint density at radius 1 is 0.917 bits per heavy atom. The highest BCUT2D eigenvalue weighted by Crippen LogP contribution is 2.45. The van der Waals surface area contributed by atoms with E-state index in [4.69, 9.17) is 0 Å². The van der Waals surface area contributed by atoms with Crippen molar-refractivity contribution in [1.29, 1.82) is 0 Å². The fourth-order valence-electron chi connectivity index (χ4n) is 6.95. The van der Waals surface area contributed by atoms with Crippen LogP contribution in [0.15, 0.2) is 55.1 Å². The maximum atomic E-state index is 11.9. The number of rotatable bonds is 9. The Morgan fingerprint density at radius 3 is 2.14 bits per heavy atom. The van der Waals surface area contributed by atoms with Gasteiger partial charge in [-0.15, -0.1) is 0 Å². The Hall–Kier alpha value is -2.35. The number of aryl methyl sites for hydroxylation is 1. The smallest absolute Gasteiger partial charge is 0.250 e. The number of unbranched alkanes of at least 4 members (excludes halogenated alkanes) is 2. The first-order valence-electron chi connectivity index (χ1n) is 14.6. The maximum absolute atomic E-state index is 11.9. The van der Waals surface area contributed by atoms with Gasteiger partial charge in [-0.25, -0.2) is 0 Å². The van der Waals surface area contributed by atoms with Crippen LogP contribution in [0.3, 0.4) is 0 Å². The Kier molecular flexibility index (Phi) is 9.46. The van der Waals surface area contributed by atoms with Crippen molar-refractivity contribution in [3.05, 3.63) is 66.2 Å². The molecule has 2 aromatic carbocycles. The molecule has 2 aromatic rings. The molecule has 0 saturated heterocycles. The summed E-state index contributed by atoms with van der Waals surface area (Å²) in [5.41, 5.74) is 6.25. The van der Waals surface area contributed by atoms with Crippen molar-refractivity contribution in [2.75, 3.05) is 11.9 Å².